The fraction of sp³-hybridized carbons (Fsp3) is 0.462. The van der Waals surface area contributed by atoms with Gasteiger partial charge in [-0.05, 0) is 18.6 Å². The lowest BCUT2D eigenvalue weighted by Gasteiger charge is -2.10. The number of methoxy groups -OCH3 is 1. The lowest BCUT2D eigenvalue weighted by atomic mass is 10.2. The van der Waals surface area contributed by atoms with Crippen molar-refractivity contribution >= 4 is 5.84 Å². The summed E-state index contributed by atoms with van der Waals surface area (Å²) in [5.41, 5.74) is 6.03. The molecule has 18 heavy (non-hydrogen) atoms. The third kappa shape index (κ3) is 4.63. The van der Waals surface area contributed by atoms with E-state index in [1.807, 2.05) is 0 Å². The Labute approximate surface area is 107 Å². The van der Waals surface area contributed by atoms with Gasteiger partial charge in [-0.3, -0.25) is 5.41 Å². The third-order valence-electron chi connectivity index (χ3n) is 2.27. The molecule has 0 heterocycles. The van der Waals surface area contributed by atoms with Crippen LogP contribution in [0.25, 0.3) is 0 Å². The van der Waals surface area contributed by atoms with E-state index >= 15 is 0 Å². The van der Waals surface area contributed by atoms with Crippen molar-refractivity contribution in [1.82, 2.24) is 0 Å². The highest BCUT2D eigenvalue weighted by Crippen LogP contribution is 2.22. The van der Waals surface area contributed by atoms with Crippen molar-refractivity contribution in [1.29, 1.82) is 5.41 Å². The first-order chi connectivity index (χ1) is 8.67. The number of rotatable bonds is 8. The first-order valence-electron chi connectivity index (χ1n) is 5.91. The van der Waals surface area contributed by atoms with E-state index in [0.717, 1.165) is 13.0 Å². The number of hydrogen-bond acceptors (Lipinski definition) is 4. The van der Waals surface area contributed by atoms with Crippen LogP contribution in [-0.4, -0.2) is 32.8 Å². The minimum Gasteiger partial charge on any atom is -0.497 e. The summed E-state index contributed by atoms with van der Waals surface area (Å²) >= 11 is 0. The standard InChI is InChI=1S/C13H20N2O3/c1-3-4-17-5-6-18-12-8-10(13(14)15)7-11(9-12)16-2/h7-9H,3-6H2,1-2H3,(H3,14,15). The molecule has 1 aromatic carbocycles. The van der Waals surface area contributed by atoms with Crippen molar-refractivity contribution in [3.05, 3.63) is 23.8 Å². The summed E-state index contributed by atoms with van der Waals surface area (Å²) in [6.45, 7) is 3.80. The number of ether oxygens (including phenoxy) is 3. The Hall–Kier alpha value is -1.75. The van der Waals surface area contributed by atoms with Gasteiger partial charge in [-0.15, -0.1) is 0 Å². The maximum atomic E-state index is 7.41. The molecule has 0 amide bonds. The Morgan fingerprint density at radius 3 is 2.50 bits per heavy atom. The SMILES string of the molecule is CCCOCCOc1cc(OC)cc(C(=N)N)c1. The smallest absolute Gasteiger partial charge is 0.123 e. The molecular formula is C13H20N2O3. The summed E-state index contributed by atoms with van der Waals surface area (Å²) in [4.78, 5) is 0. The molecule has 0 saturated carbocycles. The summed E-state index contributed by atoms with van der Waals surface area (Å²) < 4.78 is 16.0. The highest BCUT2D eigenvalue weighted by Gasteiger charge is 2.04. The van der Waals surface area contributed by atoms with Crippen LogP contribution in [0.15, 0.2) is 18.2 Å². The zero-order chi connectivity index (χ0) is 13.4. The molecule has 1 rings (SSSR count). The number of nitrogen functional groups attached to an aromatic ring is 1. The molecule has 0 radical (unpaired) electrons. The molecule has 1 aromatic rings. The first-order valence-corrected chi connectivity index (χ1v) is 5.91. The summed E-state index contributed by atoms with van der Waals surface area (Å²) in [6, 6.07) is 5.17. The Balaban J connectivity index is 2.58. The molecule has 0 unspecified atom stereocenters. The topological polar surface area (TPSA) is 77.6 Å². The molecule has 0 fully saturated rings. The van der Waals surface area contributed by atoms with E-state index in [4.69, 9.17) is 25.4 Å². The van der Waals surface area contributed by atoms with Gasteiger partial charge in [0.05, 0.1) is 13.7 Å². The highest BCUT2D eigenvalue weighted by molar-refractivity contribution is 5.95. The first kappa shape index (κ1) is 14.3. The van der Waals surface area contributed by atoms with Crippen molar-refractivity contribution in [3.63, 3.8) is 0 Å². The fourth-order valence-electron chi connectivity index (χ4n) is 1.39. The van der Waals surface area contributed by atoms with E-state index in [1.54, 1.807) is 25.3 Å². The van der Waals surface area contributed by atoms with Crippen molar-refractivity contribution in [3.8, 4) is 11.5 Å². The molecule has 0 spiro atoms. The molecule has 5 nitrogen and oxygen atoms in total. The molecule has 0 bridgehead atoms. The van der Waals surface area contributed by atoms with Gasteiger partial charge in [-0.2, -0.15) is 0 Å². The average Bonchev–Trinajstić information content (AvgIpc) is 2.38. The molecular weight excluding hydrogens is 232 g/mol. The van der Waals surface area contributed by atoms with Crippen molar-refractivity contribution < 1.29 is 14.2 Å². The van der Waals surface area contributed by atoms with Crippen LogP contribution in [0.1, 0.15) is 18.9 Å². The second-order valence-corrected chi connectivity index (χ2v) is 3.77. The number of nitrogens with one attached hydrogen (secondary N) is 1. The van der Waals surface area contributed by atoms with Gasteiger partial charge in [0.2, 0.25) is 0 Å². The monoisotopic (exact) mass is 252 g/mol. The zero-order valence-corrected chi connectivity index (χ0v) is 10.9. The van der Waals surface area contributed by atoms with Gasteiger partial charge in [0, 0.05) is 18.2 Å². The number of amidine groups is 1. The van der Waals surface area contributed by atoms with Gasteiger partial charge in [0.15, 0.2) is 0 Å². The minimum atomic E-state index is -0.0130. The average molecular weight is 252 g/mol. The quantitative estimate of drug-likeness (QED) is 0.420. The molecule has 0 aromatic heterocycles. The summed E-state index contributed by atoms with van der Waals surface area (Å²) in [7, 11) is 1.56. The lowest BCUT2D eigenvalue weighted by molar-refractivity contribution is 0.100. The Kier molecular flexibility index (Phi) is 6.00. The van der Waals surface area contributed by atoms with Gasteiger partial charge < -0.3 is 19.9 Å². The molecule has 0 aliphatic heterocycles. The van der Waals surface area contributed by atoms with Gasteiger partial charge in [-0.1, -0.05) is 6.92 Å². The van der Waals surface area contributed by atoms with Crippen LogP contribution in [0.5, 0.6) is 11.5 Å². The van der Waals surface area contributed by atoms with E-state index in [9.17, 15) is 0 Å². The maximum absolute atomic E-state index is 7.41. The number of hydrogen-bond donors (Lipinski definition) is 2. The van der Waals surface area contributed by atoms with Crippen LogP contribution < -0.4 is 15.2 Å². The van der Waals surface area contributed by atoms with E-state index in [2.05, 4.69) is 6.92 Å². The molecule has 0 atom stereocenters. The normalized spacial score (nSPS) is 10.1. The Morgan fingerprint density at radius 2 is 1.89 bits per heavy atom. The number of benzene rings is 1. The van der Waals surface area contributed by atoms with Crippen molar-refractivity contribution in [2.24, 2.45) is 5.73 Å². The van der Waals surface area contributed by atoms with Crippen LogP contribution in [0.4, 0.5) is 0 Å². The Morgan fingerprint density at radius 1 is 1.17 bits per heavy atom. The van der Waals surface area contributed by atoms with Crippen molar-refractivity contribution in [2.45, 2.75) is 13.3 Å². The van der Waals surface area contributed by atoms with Gasteiger partial charge in [-0.25, -0.2) is 0 Å². The summed E-state index contributed by atoms with van der Waals surface area (Å²) in [5, 5.41) is 7.41. The second-order valence-electron chi connectivity index (χ2n) is 3.77. The highest BCUT2D eigenvalue weighted by atomic mass is 16.5. The molecule has 0 aliphatic rings. The molecule has 3 N–H and O–H groups in total. The molecule has 5 heteroatoms. The third-order valence-corrected chi connectivity index (χ3v) is 2.27. The van der Waals surface area contributed by atoms with Crippen LogP contribution in [0, 0.1) is 5.41 Å². The van der Waals surface area contributed by atoms with Crippen molar-refractivity contribution in [2.75, 3.05) is 26.9 Å². The van der Waals surface area contributed by atoms with E-state index in [0.29, 0.717) is 30.3 Å². The fourth-order valence-corrected chi connectivity index (χ4v) is 1.39. The van der Waals surface area contributed by atoms with Gasteiger partial charge in [0.25, 0.3) is 0 Å². The van der Waals surface area contributed by atoms with Crippen LogP contribution in [-0.2, 0) is 4.74 Å². The molecule has 100 valence electrons. The van der Waals surface area contributed by atoms with Crippen LogP contribution in [0.3, 0.4) is 0 Å². The van der Waals surface area contributed by atoms with E-state index < -0.39 is 0 Å². The lowest BCUT2D eigenvalue weighted by Crippen LogP contribution is -2.12. The molecule has 0 aliphatic carbocycles. The van der Waals surface area contributed by atoms with Gasteiger partial charge >= 0.3 is 0 Å². The van der Waals surface area contributed by atoms with E-state index in [1.165, 1.54) is 0 Å². The van der Waals surface area contributed by atoms with Crippen LogP contribution >= 0.6 is 0 Å². The minimum absolute atomic E-state index is 0.0130. The summed E-state index contributed by atoms with van der Waals surface area (Å²) in [6.07, 6.45) is 0.994. The summed E-state index contributed by atoms with van der Waals surface area (Å²) in [5.74, 6) is 1.23. The predicted molar refractivity (Wildman–Crippen MR) is 70.6 cm³/mol. The predicted octanol–water partition coefficient (Wildman–Crippen LogP) is 1.78. The van der Waals surface area contributed by atoms with Gasteiger partial charge in [0.1, 0.15) is 23.9 Å². The van der Waals surface area contributed by atoms with E-state index in [-0.39, 0.29) is 5.84 Å². The Bertz CT molecular complexity index is 394. The molecule has 0 saturated heterocycles. The largest absolute Gasteiger partial charge is 0.497 e. The number of nitrogens with two attached hydrogens (primary N) is 1. The second kappa shape index (κ2) is 7.55. The van der Waals surface area contributed by atoms with Crippen LogP contribution in [0.2, 0.25) is 0 Å². The maximum Gasteiger partial charge on any atom is 0.123 e. The zero-order valence-electron chi connectivity index (χ0n) is 10.9.